The lowest BCUT2D eigenvalue weighted by molar-refractivity contribution is -0.119. The van der Waals surface area contributed by atoms with E-state index >= 15 is 0 Å². The molecule has 0 spiro atoms. The van der Waals surface area contributed by atoms with Crippen molar-refractivity contribution in [1.82, 2.24) is 24.8 Å². The van der Waals surface area contributed by atoms with Gasteiger partial charge >= 0.3 is 0 Å². The molecule has 216 valence electrons. The Morgan fingerprint density at radius 1 is 1.20 bits per heavy atom. The van der Waals surface area contributed by atoms with Crippen LogP contribution in [0.3, 0.4) is 0 Å². The molecule has 1 saturated heterocycles. The van der Waals surface area contributed by atoms with Gasteiger partial charge in [-0.2, -0.15) is 0 Å². The Morgan fingerprint density at radius 2 is 2.02 bits per heavy atom. The second-order valence-electron chi connectivity index (χ2n) is 10.1. The molecule has 1 amide bonds. The molecule has 7 N–H and O–H groups in total. The largest absolute Gasteiger partial charge is 0.494 e. The van der Waals surface area contributed by atoms with E-state index in [-0.39, 0.29) is 30.9 Å². The number of aromatic nitrogens is 4. The van der Waals surface area contributed by atoms with Crippen molar-refractivity contribution in [3.8, 4) is 16.9 Å². The molecule has 1 fully saturated rings. The molecular weight excluding hydrogens is 524 g/mol. The van der Waals surface area contributed by atoms with E-state index in [4.69, 9.17) is 20.9 Å². The molecule has 1 aliphatic rings. The number of imidazole rings is 1. The molecule has 3 atom stereocenters. The Bertz CT molecular complexity index is 1480. The van der Waals surface area contributed by atoms with Gasteiger partial charge in [-0.15, -0.1) is 0 Å². The van der Waals surface area contributed by atoms with Crippen molar-refractivity contribution >= 4 is 28.8 Å². The fourth-order valence-electron chi connectivity index (χ4n) is 4.78. The summed E-state index contributed by atoms with van der Waals surface area (Å²) in [6.45, 7) is 3.42. The number of rotatable bonds is 13. The molecule has 12 heteroatoms. The zero-order valence-electron chi connectivity index (χ0n) is 23.0. The number of hydrogen-bond donors (Lipinski definition) is 5. The SMILES string of the molecule is C[C@H](NCCCOc1cccc(-c2ccc(CNc3nc4c(N)ncnc4n3[C@H]3CC[C@@H](CO)O3)cc2)c1)C(N)=O. The fraction of sp³-hybridized carbons (Fsp3) is 0.379. The first kappa shape index (κ1) is 28.3. The number of hydrogen-bond acceptors (Lipinski definition) is 10. The van der Waals surface area contributed by atoms with Gasteiger partial charge in [0.05, 0.1) is 25.4 Å². The molecule has 12 nitrogen and oxygen atoms in total. The van der Waals surface area contributed by atoms with Crippen LogP contribution in [-0.4, -0.2) is 62.4 Å². The molecular formula is C29H36N8O4. The van der Waals surface area contributed by atoms with Crippen LogP contribution in [0.2, 0.25) is 0 Å². The summed E-state index contributed by atoms with van der Waals surface area (Å²) in [5.41, 5.74) is 15.6. The summed E-state index contributed by atoms with van der Waals surface area (Å²) < 4.78 is 13.8. The highest BCUT2D eigenvalue weighted by Gasteiger charge is 2.30. The summed E-state index contributed by atoms with van der Waals surface area (Å²) in [5, 5.41) is 16.0. The summed E-state index contributed by atoms with van der Waals surface area (Å²) in [5.74, 6) is 1.31. The second kappa shape index (κ2) is 12.9. The maximum Gasteiger partial charge on any atom is 0.234 e. The number of carbonyl (C=O) groups is 1. The lowest BCUT2D eigenvalue weighted by Crippen LogP contribution is -2.39. The Balaban J connectivity index is 1.22. The van der Waals surface area contributed by atoms with Crippen LogP contribution in [0, 0.1) is 0 Å². The van der Waals surface area contributed by atoms with E-state index < -0.39 is 0 Å². The predicted molar refractivity (Wildman–Crippen MR) is 156 cm³/mol. The number of aliphatic hydroxyl groups is 1. The van der Waals surface area contributed by atoms with Crippen molar-refractivity contribution in [2.24, 2.45) is 5.73 Å². The van der Waals surface area contributed by atoms with Crippen molar-refractivity contribution in [3.05, 3.63) is 60.4 Å². The summed E-state index contributed by atoms with van der Waals surface area (Å²) >= 11 is 0. The van der Waals surface area contributed by atoms with Crippen molar-refractivity contribution in [2.75, 3.05) is 30.8 Å². The number of primary amides is 1. The summed E-state index contributed by atoms with van der Waals surface area (Å²) in [6.07, 6.45) is 3.14. The van der Waals surface area contributed by atoms with Gasteiger partial charge in [-0.25, -0.2) is 15.0 Å². The van der Waals surface area contributed by atoms with E-state index in [2.05, 4.69) is 49.9 Å². The second-order valence-corrected chi connectivity index (χ2v) is 10.1. The standard InChI is InChI=1S/C29H36N8O4/c1-18(27(31)39)32-12-3-13-40-22-5-2-4-21(14-22)20-8-6-19(7-9-20)15-33-29-36-25-26(30)34-17-35-28(25)37(29)24-11-10-23(16-38)41-24/h2,4-9,14,17-18,23-24,32,38H,3,10-13,15-16H2,1H3,(H2,31,39)(H,33,36)(H2,30,34,35)/t18-,23-,24+/m0/s1. The number of aliphatic hydroxyl groups excluding tert-OH is 1. The highest BCUT2D eigenvalue weighted by atomic mass is 16.5. The monoisotopic (exact) mass is 560 g/mol. The molecule has 1 aliphatic heterocycles. The van der Waals surface area contributed by atoms with E-state index in [9.17, 15) is 9.90 Å². The topological polar surface area (TPSA) is 175 Å². The van der Waals surface area contributed by atoms with E-state index in [1.807, 2.05) is 28.8 Å². The molecule has 0 radical (unpaired) electrons. The van der Waals surface area contributed by atoms with E-state index in [0.717, 1.165) is 41.7 Å². The van der Waals surface area contributed by atoms with Gasteiger partial charge in [0.2, 0.25) is 11.9 Å². The fourth-order valence-corrected chi connectivity index (χ4v) is 4.78. The highest BCUT2D eigenvalue weighted by Crippen LogP contribution is 2.34. The lowest BCUT2D eigenvalue weighted by Gasteiger charge is -2.17. The zero-order valence-corrected chi connectivity index (χ0v) is 23.0. The van der Waals surface area contributed by atoms with Crippen LogP contribution in [0.25, 0.3) is 22.3 Å². The van der Waals surface area contributed by atoms with Gasteiger partial charge in [0.1, 0.15) is 18.3 Å². The van der Waals surface area contributed by atoms with Crippen molar-refractivity contribution in [2.45, 2.75) is 51.1 Å². The predicted octanol–water partition coefficient (Wildman–Crippen LogP) is 2.59. The Kier molecular flexibility index (Phi) is 8.92. The smallest absolute Gasteiger partial charge is 0.234 e. The molecule has 0 bridgehead atoms. The van der Waals surface area contributed by atoms with Gasteiger partial charge in [-0.05, 0) is 61.6 Å². The maximum absolute atomic E-state index is 11.1. The minimum atomic E-state index is -0.365. The molecule has 0 saturated carbocycles. The molecule has 2 aromatic heterocycles. The molecule has 5 rings (SSSR count). The third-order valence-corrected chi connectivity index (χ3v) is 7.12. The average Bonchev–Trinajstić information content (AvgIpc) is 3.61. The molecule has 0 aliphatic carbocycles. The van der Waals surface area contributed by atoms with Gasteiger partial charge in [0.15, 0.2) is 17.0 Å². The van der Waals surface area contributed by atoms with E-state index in [1.165, 1.54) is 6.33 Å². The first-order chi connectivity index (χ1) is 19.9. The van der Waals surface area contributed by atoms with Gasteiger partial charge in [0, 0.05) is 6.54 Å². The number of benzene rings is 2. The normalized spacial score (nSPS) is 17.5. The van der Waals surface area contributed by atoms with Gasteiger partial charge in [-0.3, -0.25) is 9.36 Å². The number of fused-ring (bicyclic) bond motifs is 1. The first-order valence-electron chi connectivity index (χ1n) is 13.8. The van der Waals surface area contributed by atoms with Gasteiger partial charge in [0.25, 0.3) is 0 Å². The van der Waals surface area contributed by atoms with Crippen molar-refractivity contribution < 1.29 is 19.4 Å². The minimum Gasteiger partial charge on any atom is -0.494 e. The van der Waals surface area contributed by atoms with E-state index in [0.29, 0.717) is 42.6 Å². The number of amides is 1. The Hall–Kier alpha value is -4.26. The molecule has 2 aromatic carbocycles. The number of anilines is 2. The molecule has 3 heterocycles. The third-order valence-electron chi connectivity index (χ3n) is 7.12. The molecule has 4 aromatic rings. The summed E-state index contributed by atoms with van der Waals surface area (Å²) in [4.78, 5) is 24.3. The quantitative estimate of drug-likeness (QED) is 0.153. The highest BCUT2D eigenvalue weighted by molar-refractivity contribution is 5.84. The number of ether oxygens (including phenoxy) is 2. The van der Waals surface area contributed by atoms with Crippen LogP contribution in [0.15, 0.2) is 54.9 Å². The van der Waals surface area contributed by atoms with E-state index in [1.54, 1.807) is 6.92 Å². The number of nitrogens with two attached hydrogens (primary N) is 2. The van der Waals surface area contributed by atoms with Crippen molar-refractivity contribution in [1.29, 1.82) is 0 Å². The Labute approximate surface area is 238 Å². The number of nitrogens with one attached hydrogen (secondary N) is 2. The van der Waals surface area contributed by atoms with Crippen LogP contribution >= 0.6 is 0 Å². The maximum atomic E-state index is 11.1. The molecule has 41 heavy (non-hydrogen) atoms. The number of nitrogens with zero attached hydrogens (tertiary/aromatic N) is 4. The Morgan fingerprint density at radius 3 is 2.78 bits per heavy atom. The average molecular weight is 561 g/mol. The van der Waals surface area contributed by atoms with Crippen LogP contribution in [0.4, 0.5) is 11.8 Å². The minimum absolute atomic E-state index is 0.0282. The van der Waals surface area contributed by atoms with Gasteiger partial charge in [-0.1, -0.05) is 36.4 Å². The summed E-state index contributed by atoms with van der Waals surface area (Å²) in [6, 6.07) is 15.9. The van der Waals surface area contributed by atoms with Gasteiger partial charge < -0.3 is 36.7 Å². The number of nitrogen functional groups attached to an aromatic ring is 1. The van der Waals surface area contributed by atoms with Crippen molar-refractivity contribution in [3.63, 3.8) is 0 Å². The van der Waals surface area contributed by atoms with Crippen LogP contribution < -0.4 is 26.8 Å². The van der Waals surface area contributed by atoms with Crippen LogP contribution in [-0.2, 0) is 16.1 Å². The lowest BCUT2D eigenvalue weighted by atomic mass is 10.0. The van der Waals surface area contributed by atoms with Crippen LogP contribution in [0.5, 0.6) is 5.75 Å². The molecule has 0 unspecified atom stereocenters. The van der Waals surface area contributed by atoms with Crippen LogP contribution in [0.1, 0.15) is 38.0 Å². The summed E-state index contributed by atoms with van der Waals surface area (Å²) in [7, 11) is 0. The zero-order chi connectivity index (χ0) is 28.8. The number of carbonyl (C=O) groups excluding carboxylic acids is 1. The first-order valence-corrected chi connectivity index (χ1v) is 13.8. The third kappa shape index (κ3) is 6.73.